The van der Waals surface area contributed by atoms with Crippen LogP contribution in [0.2, 0.25) is 0 Å². The van der Waals surface area contributed by atoms with Gasteiger partial charge in [0.15, 0.2) is 0 Å². The molecule has 2 aromatic heterocycles. The van der Waals surface area contributed by atoms with Crippen LogP contribution in [0.5, 0.6) is 0 Å². The number of carbonyl (C=O) groups excluding carboxylic acids is 1. The second-order valence-corrected chi connectivity index (χ2v) is 8.35. The summed E-state index contributed by atoms with van der Waals surface area (Å²) in [6, 6.07) is 8.74. The van der Waals surface area contributed by atoms with Crippen LogP contribution in [0, 0.1) is 5.92 Å². The van der Waals surface area contributed by atoms with E-state index in [1.807, 2.05) is 37.3 Å². The highest BCUT2D eigenvalue weighted by molar-refractivity contribution is 7.18. The molecular weight excluding hydrogens is 358 g/mol. The fraction of sp³-hybridized carbons (Fsp3) is 0.381. The van der Waals surface area contributed by atoms with Gasteiger partial charge in [0.2, 0.25) is 5.91 Å². The zero-order valence-electron chi connectivity index (χ0n) is 15.6. The van der Waals surface area contributed by atoms with Gasteiger partial charge in [-0.1, -0.05) is 32.0 Å². The summed E-state index contributed by atoms with van der Waals surface area (Å²) in [4.78, 5) is 32.7. The average Bonchev–Trinajstić information content (AvgIpc) is 3.03. The number of nitrogens with one attached hydrogen (secondary N) is 1. The number of hydrogen-bond acceptors (Lipinski definition) is 4. The standard InChI is InChI=1S/C21H23N3O2S/c1-3-16(19(25)23-14-7-5-4-6-8-14)24-12-22-20-18(21(24)26)15-10-9-13(2)11-17(15)27-20/h4-8,12-13,16H,3,9-11H2,1-2H3,(H,23,25). The van der Waals surface area contributed by atoms with Crippen molar-refractivity contribution < 1.29 is 4.79 Å². The Morgan fingerprint density at radius 2 is 2.15 bits per heavy atom. The highest BCUT2D eigenvalue weighted by atomic mass is 32.1. The molecule has 0 saturated heterocycles. The molecule has 0 bridgehead atoms. The molecule has 1 N–H and O–H groups in total. The van der Waals surface area contributed by atoms with E-state index in [2.05, 4.69) is 17.2 Å². The molecule has 0 aliphatic heterocycles. The first-order chi connectivity index (χ1) is 13.1. The molecule has 0 fully saturated rings. The maximum Gasteiger partial charge on any atom is 0.263 e. The van der Waals surface area contributed by atoms with Crippen LogP contribution in [0.4, 0.5) is 5.69 Å². The zero-order chi connectivity index (χ0) is 19.0. The van der Waals surface area contributed by atoms with E-state index in [0.29, 0.717) is 12.3 Å². The molecule has 2 unspecified atom stereocenters. The lowest BCUT2D eigenvalue weighted by Crippen LogP contribution is -2.33. The number of benzene rings is 1. The smallest absolute Gasteiger partial charge is 0.263 e. The van der Waals surface area contributed by atoms with Crippen LogP contribution in [0.3, 0.4) is 0 Å². The molecular formula is C21H23N3O2S. The van der Waals surface area contributed by atoms with Gasteiger partial charge in [-0.25, -0.2) is 4.98 Å². The van der Waals surface area contributed by atoms with Crippen LogP contribution in [0.25, 0.3) is 10.2 Å². The number of aromatic nitrogens is 2. The Kier molecular flexibility index (Phi) is 4.83. The van der Waals surface area contributed by atoms with Crippen LogP contribution < -0.4 is 10.9 Å². The predicted molar refractivity (Wildman–Crippen MR) is 109 cm³/mol. The molecule has 1 aliphatic carbocycles. The molecule has 0 radical (unpaired) electrons. The van der Waals surface area contributed by atoms with Gasteiger partial charge in [-0.2, -0.15) is 0 Å². The van der Waals surface area contributed by atoms with Gasteiger partial charge < -0.3 is 5.32 Å². The van der Waals surface area contributed by atoms with E-state index in [0.717, 1.165) is 40.7 Å². The fourth-order valence-corrected chi connectivity index (χ4v) is 5.16. The van der Waals surface area contributed by atoms with Crippen molar-refractivity contribution in [3.05, 3.63) is 57.5 Å². The quantitative estimate of drug-likeness (QED) is 0.738. The Balaban J connectivity index is 1.72. The van der Waals surface area contributed by atoms with Crippen LogP contribution in [0.1, 0.15) is 43.2 Å². The first-order valence-corrected chi connectivity index (χ1v) is 10.3. The second kappa shape index (κ2) is 7.27. The Bertz CT molecular complexity index is 1040. The lowest BCUT2D eigenvalue weighted by atomic mass is 9.89. The van der Waals surface area contributed by atoms with Gasteiger partial charge in [0.25, 0.3) is 5.56 Å². The van der Waals surface area contributed by atoms with Crippen molar-refractivity contribution in [2.45, 2.75) is 45.6 Å². The van der Waals surface area contributed by atoms with Gasteiger partial charge in [-0.3, -0.25) is 14.2 Å². The van der Waals surface area contributed by atoms with Crippen molar-refractivity contribution in [1.82, 2.24) is 9.55 Å². The number of fused-ring (bicyclic) bond motifs is 3. The summed E-state index contributed by atoms with van der Waals surface area (Å²) < 4.78 is 1.51. The van der Waals surface area contributed by atoms with E-state index in [1.165, 1.54) is 15.8 Å². The van der Waals surface area contributed by atoms with Crippen molar-refractivity contribution in [3.63, 3.8) is 0 Å². The Morgan fingerprint density at radius 1 is 1.37 bits per heavy atom. The van der Waals surface area contributed by atoms with Gasteiger partial charge in [0.05, 0.1) is 11.7 Å². The third-order valence-corrected chi connectivity index (χ3v) is 6.47. The SMILES string of the molecule is CCC(C(=O)Nc1ccccc1)n1cnc2sc3c(c2c1=O)CCC(C)C3. The molecule has 1 amide bonds. The highest BCUT2D eigenvalue weighted by Gasteiger charge is 2.26. The van der Waals surface area contributed by atoms with E-state index < -0.39 is 6.04 Å². The minimum atomic E-state index is -0.576. The molecule has 1 aliphatic rings. The zero-order valence-corrected chi connectivity index (χ0v) is 16.4. The first kappa shape index (κ1) is 17.9. The minimum Gasteiger partial charge on any atom is -0.324 e. The number of hydrogen-bond donors (Lipinski definition) is 1. The van der Waals surface area contributed by atoms with Gasteiger partial charge in [-0.05, 0) is 49.3 Å². The van der Waals surface area contributed by atoms with Gasteiger partial charge in [0, 0.05) is 10.6 Å². The maximum absolute atomic E-state index is 13.2. The molecule has 3 aromatic rings. The largest absolute Gasteiger partial charge is 0.324 e. The second-order valence-electron chi connectivity index (χ2n) is 7.27. The number of rotatable bonds is 4. The normalized spacial score (nSPS) is 17.5. The number of aryl methyl sites for hydroxylation is 1. The topological polar surface area (TPSA) is 64.0 Å². The van der Waals surface area contributed by atoms with E-state index in [1.54, 1.807) is 11.3 Å². The summed E-state index contributed by atoms with van der Waals surface area (Å²) in [6.07, 6.45) is 5.09. The van der Waals surface area contributed by atoms with Crippen molar-refractivity contribution >= 4 is 33.1 Å². The van der Waals surface area contributed by atoms with Crippen molar-refractivity contribution in [3.8, 4) is 0 Å². The molecule has 4 rings (SSSR count). The summed E-state index contributed by atoms with van der Waals surface area (Å²) in [5, 5.41) is 3.62. The minimum absolute atomic E-state index is 0.0953. The molecule has 2 heterocycles. The summed E-state index contributed by atoms with van der Waals surface area (Å²) in [5.41, 5.74) is 1.78. The molecule has 6 heteroatoms. The summed E-state index contributed by atoms with van der Waals surface area (Å²) in [7, 11) is 0. The lowest BCUT2D eigenvalue weighted by molar-refractivity contribution is -0.119. The van der Waals surface area contributed by atoms with Gasteiger partial charge in [0.1, 0.15) is 10.9 Å². The first-order valence-electron chi connectivity index (χ1n) is 9.45. The molecule has 0 spiro atoms. The van der Waals surface area contributed by atoms with Gasteiger partial charge >= 0.3 is 0 Å². The Morgan fingerprint density at radius 3 is 2.89 bits per heavy atom. The van der Waals surface area contributed by atoms with Crippen LogP contribution >= 0.6 is 11.3 Å². The Labute approximate surface area is 162 Å². The number of para-hydroxylation sites is 1. The average molecular weight is 382 g/mol. The maximum atomic E-state index is 13.2. The number of thiophene rings is 1. The monoisotopic (exact) mass is 381 g/mol. The number of anilines is 1. The molecule has 27 heavy (non-hydrogen) atoms. The summed E-state index contributed by atoms with van der Waals surface area (Å²) in [6.45, 7) is 4.16. The van der Waals surface area contributed by atoms with E-state index in [9.17, 15) is 9.59 Å². The fourth-order valence-electron chi connectivity index (χ4n) is 3.82. The molecule has 1 aromatic carbocycles. The lowest BCUT2D eigenvalue weighted by Gasteiger charge is -2.19. The van der Waals surface area contributed by atoms with Crippen molar-refractivity contribution in [1.29, 1.82) is 0 Å². The third kappa shape index (κ3) is 3.30. The molecule has 140 valence electrons. The van der Waals surface area contributed by atoms with Crippen LogP contribution in [0.15, 0.2) is 41.5 Å². The number of carbonyl (C=O) groups is 1. The van der Waals surface area contributed by atoms with Crippen molar-refractivity contribution in [2.24, 2.45) is 5.92 Å². The summed E-state index contributed by atoms with van der Waals surface area (Å²) in [5.74, 6) is 0.456. The van der Waals surface area contributed by atoms with E-state index >= 15 is 0 Å². The van der Waals surface area contributed by atoms with Crippen LogP contribution in [-0.2, 0) is 17.6 Å². The van der Waals surface area contributed by atoms with Crippen molar-refractivity contribution in [2.75, 3.05) is 5.32 Å². The Hall–Kier alpha value is -2.47. The molecule has 0 saturated carbocycles. The molecule has 2 atom stereocenters. The highest BCUT2D eigenvalue weighted by Crippen LogP contribution is 2.35. The van der Waals surface area contributed by atoms with Crippen LogP contribution in [-0.4, -0.2) is 15.5 Å². The predicted octanol–water partition coefficient (Wildman–Crippen LogP) is 4.17. The number of amides is 1. The molecule has 5 nitrogen and oxygen atoms in total. The van der Waals surface area contributed by atoms with Gasteiger partial charge in [-0.15, -0.1) is 11.3 Å². The van der Waals surface area contributed by atoms with E-state index in [4.69, 9.17) is 0 Å². The third-order valence-electron chi connectivity index (χ3n) is 5.31. The number of nitrogens with zero attached hydrogens (tertiary/aromatic N) is 2. The summed E-state index contributed by atoms with van der Waals surface area (Å²) >= 11 is 1.63. The van der Waals surface area contributed by atoms with E-state index in [-0.39, 0.29) is 11.5 Å².